The number of aromatic nitrogens is 16. The van der Waals surface area contributed by atoms with E-state index in [4.69, 9.17) is 17.3 Å². The Kier molecular flexibility index (Phi) is 33.8. The number of hydrogen-bond donors (Lipinski definition) is 4. The predicted octanol–water partition coefficient (Wildman–Crippen LogP) is 19.6. The van der Waals surface area contributed by atoms with Crippen molar-refractivity contribution < 1.29 is 19.3 Å². The zero-order valence-electron chi connectivity index (χ0n) is 70.3. The smallest absolute Gasteiger partial charge is 0.314 e. The lowest BCUT2D eigenvalue weighted by Crippen LogP contribution is -2.21. The molecule has 11 aromatic rings. The average molecular weight is 1620 g/mol. The van der Waals surface area contributed by atoms with Gasteiger partial charge in [-0.15, -0.1) is 32.9 Å². The largest absolute Gasteiger partial charge is 0.396 e. The highest BCUT2D eigenvalue weighted by Gasteiger charge is 2.26. The second-order valence-electron chi connectivity index (χ2n) is 29.9. The third kappa shape index (κ3) is 24.4. The molecule has 0 aromatic carbocycles. The van der Waals surface area contributed by atoms with E-state index in [1.165, 1.54) is 10.9 Å². The number of halogens is 1. The van der Waals surface area contributed by atoms with E-state index < -0.39 is 4.92 Å². The number of pyridine rings is 6. The molecule has 26 nitrogen and oxygen atoms in total. The first kappa shape index (κ1) is 90.8. The molecule has 0 radical (unpaired) electrons. The highest BCUT2D eigenvalue weighted by molar-refractivity contribution is 6.30. The van der Waals surface area contributed by atoms with Crippen LogP contribution in [0.25, 0.3) is 56.3 Å². The fourth-order valence-corrected chi connectivity index (χ4v) is 13.5. The van der Waals surface area contributed by atoms with Crippen molar-refractivity contribution in [3.63, 3.8) is 0 Å². The van der Waals surface area contributed by atoms with Gasteiger partial charge in [0.05, 0.1) is 87.1 Å². The van der Waals surface area contributed by atoms with Crippen molar-refractivity contribution in [1.82, 2.24) is 78.8 Å². The van der Waals surface area contributed by atoms with Gasteiger partial charge in [-0.05, 0) is 124 Å². The third-order valence-corrected chi connectivity index (χ3v) is 20.9. The number of carbonyl (C=O) groups excluding carboxylic acids is 3. The quantitative estimate of drug-likeness (QED) is 0.0332. The lowest BCUT2D eigenvalue weighted by Gasteiger charge is -2.17. The third-order valence-electron chi connectivity index (χ3n) is 20.6. The van der Waals surface area contributed by atoms with Gasteiger partial charge in [0, 0.05) is 175 Å². The molecule has 2 aliphatic rings. The van der Waals surface area contributed by atoms with Crippen molar-refractivity contribution in [3.05, 3.63) is 266 Å². The van der Waals surface area contributed by atoms with Crippen molar-refractivity contribution in [2.75, 3.05) is 21.7 Å². The van der Waals surface area contributed by atoms with Gasteiger partial charge in [0.15, 0.2) is 0 Å². The highest BCUT2D eigenvalue weighted by Crippen LogP contribution is 2.37. The monoisotopic (exact) mass is 1610 g/mol. The van der Waals surface area contributed by atoms with E-state index in [1.54, 1.807) is 94.3 Å². The number of nitrogens with zero attached hydrogens (tertiary/aromatic N) is 17. The minimum atomic E-state index is -0.421. The minimum absolute atomic E-state index is 0.000948. The number of nitro groups is 1. The number of nitrogens with two attached hydrogens (primary N) is 1. The number of fused-ring (bicyclic) bond motifs is 8. The van der Waals surface area contributed by atoms with Crippen LogP contribution in [-0.4, -0.2) is 101 Å². The van der Waals surface area contributed by atoms with Crippen LogP contribution in [0.15, 0.2) is 216 Å². The summed E-state index contributed by atoms with van der Waals surface area (Å²) in [6, 6.07) is 23.4. The Morgan fingerprint density at radius 3 is 1.38 bits per heavy atom. The van der Waals surface area contributed by atoms with E-state index in [0.717, 1.165) is 153 Å². The molecule has 6 unspecified atom stereocenters. The Labute approximate surface area is 697 Å². The first-order chi connectivity index (χ1) is 56.5. The van der Waals surface area contributed by atoms with E-state index in [9.17, 15) is 24.5 Å². The number of nitrogens with one attached hydrogen (secondary N) is 3. The SMILES string of the molecule is C=CCC(C)c1cc(-c2c(N)cnn2C)ccn1.C=CCC(C)c1cc(-c2c(NC(=O)[C@H](C)C=C)cnn2C)ccn1.C=CCC(C)c1cc(-c2c([N+](=O)[O-])cnn2C)ccn1.C=CCC(C)c1cc(Cl)ccn1.CC1C/C=C/[C@@H](C)C(=O)Nc2cnn(C)c2-c2ccnc1c2.CC1CCC[C@@H](C)C(=O)Nc2cnn(C)c2-c2ccnc1c2. The summed E-state index contributed by atoms with van der Waals surface area (Å²) in [5, 5.41) is 41.7. The van der Waals surface area contributed by atoms with Crippen LogP contribution in [0.1, 0.15) is 183 Å². The molecule has 0 spiro atoms. The molecule has 2 aliphatic heterocycles. The van der Waals surface area contributed by atoms with Crippen molar-refractivity contribution in [2.24, 2.45) is 53.0 Å². The second-order valence-corrected chi connectivity index (χ2v) is 30.4. The maximum Gasteiger partial charge on any atom is 0.314 e. The molecule has 3 amide bonds. The molecule has 0 saturated heterocycles. The van der Waals surface area contributed by atoms with Gasteiger partial charge >= 0.3 is 5.69 Å². The van der Waals surface area contributed by atoms with E-state index in [0.29, 0.717) is 40.7 Å². The maximum atomic E-state index is 12.3. The summed E-state index contributed by atoms with van der Waals surface area (Å²) in [5.74, 6) is 1.48. The predicted molar refractivity (Wildman–Crippen MR) is 473 cm³/mol. The molecule has 4 bridgehead atoms. The number of carbonyl (C=O) groups is 3. The fourth-order valence-electron chi connectivity index (χ4n) is 13.4. The molecule has 118 heavy (non-hydrogen) atoms. The molecule has 0 saturated carbocycles. The molecule has 9 atom stereocenters. The van der Waals surface area contributed by atoms with Crippen LogP contribution in [0.2, 0.25) is 5.02 Å². The van der Waals surface area contributed by atoms with Crippen LogP contribution < -0.4 is 21.7 Å². The Morgan fingerprint density at radius 1 is 0.525 bits per heavy atom. The summed E-state index contributed by atoms with van der Waals surface area (Å²) in [4.78, 5) is 73.9. The molecule has 11 aromatic heterocycles. The van der Waals surface area contributed by atoms with Gasteiger partial charge in [0.25, 0.3) is 0 Å². The topological polar surface area (TPSA) is 323 Å². The van der Waals surface area contributed by atoms with Gasteiger partial charge in [-0.1, -0.05) is 123 Å². The number of rotatable bonds is 19. The number of nitrogen functional groups attached to an aromatic ring is 1. The summed E-state index contributed by atoms with van der Waals surface area (Å²) in [7, 11) is 9.21. The van der Waals surface area contributed by atoms with Crippen LogP contribution in [0.3, 0.4) is 0 Å². The maximum absolute atomic E-state index is 12.3. The van der Waals surface area contributed by atoms with Crippen molar-refractivity contribution in [1.29, 1.82) is 0 Å². The molecule has 13 heterocycles. The Balaban J connectivity index is 0.000000178. The van der Waals surface area contributed by atoms with Crippen LogP contribution in [0, 0.1) is 27.9 Å². The van der Waals surface area contributed by atoms with Gasteiger partial charge in [-0.25, -0.2) is 0 Å². The molecule has 27 heteroatoms. The van der Waals surface area contributed by atoms with Gasteiger partial charge in [0.2, 0.25) is 17.7 Å². The summed E-state index contributed by atoms with van der Waals surface area (Å²) in [5.41, 5.74) is 23.9. The standard InChI is InChI=1S/C19H24N4O.C17H22N4O.C17H20N4O.C14H16N4O2.C14H18N4.C10H12ClN/c1-6-8-14(4)16-11-15(9-10-20-16)18-17(12-21-23(18)5)22-19(24)13(3)7-2;2*1-11-5-4-6-12(2)17(22)20-15-10-19-21(3)16(15)13-7-8-18-14(11)9-13;1-4-5-10(2)12-8-11(6-7-15-12)14-13(18(19)20)9-16-17(14)3;1-4-5-10(2)13-8-11(6-7-16-13)14-12(15)9-17-18(14)3;1-3-4-8(2)10-7-9(11)5-6-12-10/h6-7,9-14H,1-2,8H2,3-5H3,(H,22,24);7-12H,4-6H2,1-3H3,(H,20,22);4,6-12H,5H2,1-3H3,(H,20,22);4,6-10H,1,5H2,2-3H3;4,6-10H,1,5,15H2,2-3H3;3,5-8H,1,4H2,2H3/b;;6-4+;;;/t13-,14?;2*11?,12-;;;/m111.../s1. The van der Waals surface area contributed by atoms with E-state index >= 15 is 0 Å². The van der Waals surface area contributed by atoms with Gasteiger partial charge < -0.3 is 21.7 Å². The van der Waals surface area contributed by atoms with E-state index in [2.05, 4.69) is 163 Å². The molecular weight excluding hydrogens is 1500 g/mol. The molecule has 5 N–H and O–H groups in total. The second kappa shape index (κ2) is 43.9. The van der Waals surface area contributed by atoms with Crippen LogP contribution in [0.4, 0.5) is 28.4 Å². The van der Waals surface area contributed by atoms with Crippen LogP contribution in [-0.2, 0) is 49.6 Å². The summed E-state index contributed by atoms with van der Waals surface area (Å²) in [6.45, 7) is 37.1. The number of hydrogen-bond acceptors (Lipinski definition) is 17. The lowest BCUT2D eigenvalue weighted by atomic mass is 9.94. The fraction of sp³-hybridized carbons (Fsp3) is 0.341. The van der Waals surface area contributed by atoms with E-state index in [1.807, 2.05) is 140 Å². The number of anilines is 4. The van der Waals surface area contributed by atoms with Crippen LogP contribution >= 0.6 is 11.6 Å². The zero-order valence-corrected chi connectivity index (χ0v) is 71.1. The van der Waals surface area contributed by atoms with Crippen molar-refractivity contribution in [2.45, 2.75) is 149 Å². The summed E-state index contributed by atoms with van der Waals surface area (Å²) in [6.07, 6.45) is 39.2. The number of aryl methyl sites for hydroxylation is 5. The van der Waals surface area contributed by atoms with Crippen molar-refractivity contribution in [3.8, 4) is 56.3 Å². The zero-order chi connectivity index (χ0) is 85.9. The van der Waals surface area contributed by atoms with Gasteiger partial charge in [0.1, 0.15) is 11.9 Å². The minimum Gasteiger partial charge on any atom is -0.396 e. The molecule has 0 aliphatic carbocycles. The van der Waals surface area contributed by atoms with Gasteiger partial charge in [-0.2, -0.15) is 25.5 Å². The van der Waals surface area contributed by atoms with Crippen LogP contribution in [0.5, 0.6) is 0 Å². The van der Waals surface area contributed by atoms with Crippen molar-refractivity contribution >= 4 is 57.8 Å². The molecule has 13 rings (SSSR count). The average Bonchev–Trinajstić information content (AvgIpc) is 1.73. The van der Waals surface area contributed by atoms with Gasteiger partial charge in [-0.3, -0.25) is 77.8 Å². The lowest BCUT2D eigenvalue weighted by molar-refractivity contribution is -0.384. The Morgan fingerprint density at radius 2 is 0.915 bits per heavy atom. The number of allylic oxidation sites excluding steroid dienone is 5. The molecule has 618 valence electrons. The number of amides is 3. The summed E-state index contributed by atoms with van der Waals surface area (Å²) < 4.78 is 8.63. The van der Waals surface area contributed by atoms with E-state index in [-0.39, 0.29) is 53.0 Å². The summed E-state index contributed by atoms with van der Waals surface area (Å²) >= 11 is 5.82. The first-order valence-electron chi connectivity index (χ1n) is 39.6. The molecule has 0 fully saturated rings. The normalized spacial score (nSPS) is 16.3. The Hall–Kier alpha value is -12.7. The molecular formula is C91H112ClN21O5. The first-order valence-corrected chi connectivity index (χ1v) is 40.0. The highest BCUT2D eigenvalue weighted by atomic mass is 35.5. The Bertz CT molecular complexity index is 5280.